The number of pyridine rings is 1. The number of nitrogens with zero attached hydrogens (tertiary/aromatic N) is 4. The van der Waals surface area contributed by atoms with Crippen molar-refractivity contribution in [2.24, 2.45) is 4.99 Å². The number of hydrogen-bond acceptors (Lipinski definition) is 3. The number of aryl methyl sites for hydroxylation is 2. The van der Waals surface area contributed by atoms with Gasteiger partial charge in [0.15, 0.2) is 11.8 Å². The summed E-state index contributed by atoms with van der Waals surface area (Å²) in [6, 6.07) is 12.4. The van der Waals surface area contributed by atoms with Crippen molar-refractivity contribution in [2.45, 2.75) is 33.9 Å². The summed E-state index contributed by atoms with van der Waals surface area (Å²) >= 11 is 0. The van der Waals surface area contributed by atoms with Crippen LogP contribution in [-0.4, -0.2) is 27.3 Å². The zero-order valence-corrected chi connectivity index (χ0v) is 18.8. The Bertz CT molecular complexity index is 905. The van der Waals surface area contributed by atoms with E-state index in [-0.39, 0.29) is 24.0 Å². The highest BCUT2D eigenvalue weighted by Crippen LogP contribution is 2.10. The lowest BCUT2D eigenvalue weighted by Gasteiger charge is -2.13. The maximum Gasteiger partial charge on any atom is 0.191 e. The Morgan fingerprint density at radius 1 is 1.11 bits per heavy atom. The van der Waals surface area contributed by atoms with Gasteiger partial charge in [0.2, 0.25) is 0 Å². The van der Waals surface area contributed by atoms with Gasteiger partial charge in [0.1, 0.15) is 0 Å². The Morgan fingerprint density at radius 2 is 1.96 bits per heavy atom. The highest BCUT2D eigenvalue weighted by molar-refractivity contribution is 14.0. The van der Waals surface area contributed by atoms with Crippen LogP contribution in [0, 0.1) is 13.8 Å². The first-order valence-corrected chi connectivity index (χ1v) is 9.19. The molecule has 0 atom stereocenters. The molecule has 0 saturated carbocycles. The van der Waals surface area contributed by atoms with E-state index in [9.17, 15) is 0 Å². The van der Waals surface area contributed by atoms with Gasteiger partial charge in [-0.05, 0) is 55.7 Å². The summed E-state index contributed by atoms with van der Waals surface area (Å²) in [5, 5.41) is 10.9. The standard InChI is InChI=1S/C21H26N6.HI/c1-4-22-21(25-15-19-7-6-16(2)12-17(19)3)24-14-18-8-10-23-20(13-18)27-11-5-9-26-27;/h5-13H,4,14-15H2,1-3H3,(H2,22,24,25);1H. The van der Waals surface area contributed by atoms with Gasteiger partial charge >= 0.3 is 0 Å². The van der Waals surface area contributed by atoms with Crippen LogP contribution in [0.1, 0.15) is 29.2 Å². The fourth-order valence-corrected chi connectivity index (χ4v) is 2.82. The Hall–Kier alpha value is -2.42. The summed E-state index contributed by atoms with van der Waals surface area (Å²) in [4.78, 5) is 9.06. The minimum Gasteiger partial charge on any atom is -0.357 e. The molecule has 0 aliphatic rings. The van der Waals surface area contributed by atoms with E-state index in [1.54, 1.807) is 17.1 Å². The van der Waals surface area contributed by atoms with E-state index in [2.05, 4.69) is 59.7 Å². The molecule has 148 valence electrons. The largest absolute Gasteiger partial charge is 0.357 e. The second kappa shape index (κ2) is 10.8. The van der Waals surface area contributed by atoms with E-state index in [1.165, 1.54) is 16.7 Å². The van der Waals surface area contributed by atoms with Gasteiger partial charge in [-0.15, -0.1) is 24.0 Å². The Balaban J connectivity index is 0.00000280. The Morgan fingerprint density at radius 3 is 2.68 bits per heavy atom. The lowest BCUT2D eigenvalue weighted by atomic mass is 10.1. The summed E-state index contributed by atoms with van der Waals surface area (Å²) < 4.78 is 1.75. The molecule has 0 spiro atoms. The van der Waals surface area contributed by atoms with Crippen molar-refractivity contribution >= 4 is 29.9 Å². The van der Waals surface area contributed by atoms with Crippen LogP contribution in [0.3, 0.4) is 0 Å². The average molecular weight is 490 g/mol. The minimum atomic E-state index is 0. The normalized spacial score (nSPS) is 11.0. The fourth-order valence-electron chi connectivity index (χ4n) is 2.82. The summed E-state index contributed by atoms with van der Waals surface area (Å²) in [5.41, 5.74) is 4.93. The molecule has 0 amide bonds. The molecule has 1 aromatic carbocycles. The van der Waals surface area contributed by atoms with Crippen molar-refractivity contribution in [2.75, 3.05) is 6.54 Å². The third-order valence-corrected chi connectivity index (χ3v) is 4.26. The second-order valence-corrected chi connectivity index (χ2v) is 6.45. The molecular weight excluding hydrogens is 463 g/mol. The van der Waals surface area contributed by atoms with Crippen LogP contribution in [0.5, 0.6) is 0 Å². The molecule has 2 aromatic heterocycles. The first-order valence-electron chi connectivity index (χ1n) is 9.19. The van der Waals surface area contributed by atoms with Crippen molar-refractivity contribution in [3.8, 4) is 5.82 Å². The van der Waals surface area contributed by atoms with Crippen LogP contribution in [0.4, 0.5) is 0 Å². The Kier molecular flexibility index (Phi) is 8.43. The predicted molar refractivity (Wildman–Crippen MR) is 124 cm³/mol. The van der Waals surface area contributed by atoms with Gasteiger partial charge in [-0.1, -0.05) is 23.8 Å². The number of guanidine groups is 1. The van der Waals surface area contributed by atoms with Gasteiger partial charge in [-0.2, -0.15) is 5.10 Å². The minimum absolute atomic E-state index is 0. The van der Waals surface area contributed by atoms with Crippen LogP contribution in [0.2, 0.25) is 0 Å². The SMILES string of the molecule is CCNC(=NCc1ccnc(-n2cccn2)c1)NCc1ccc(C)cc1C.I. The van der Waals surface area contributed by atoms with Crippen molar-refractivity contribution in [3.63, 3.8) is 0 Å². The molecule has 6 nitrogen and oxygen atoms in total. The topological polar surface area (TPSA) is 67.1 Å². The lowest BCUT2D eigenvalue weighted by molar-refractivity contribution is 0.809. The van der Waals surface area contributed by atoms with E-state index in [4.69, 9.17) is 4.99 Å². The van der Waals surface area contributed by atoms with Gasteiger partial charge in [0, 0.05) is 31.7 Å². The first kappa shape index (κ1) is 21.9. The van der Waals surface area contributed by atoms with Crippen molar-refractivity contribution in [1.29, 1.82) is 0 Å². The number of aliphatic imine (C=N–C) groups is 1. The van der Waals surface area contributed by atoms with E-state index < -0.39 is 0 Å². The number of nitrogens with one attached hydrogen (secondary N) is 2. The van der Waals surface area contributed by atoms with Crippen LogP contribution in [0.15, 0.2) is 60.0 Å². The predicted octanol–water partition coefficient (Wildman–Crippen LogP) is 3.76. The molecule has 28 heavy (non-hydrogen) atoms. The van der Waals surface area contributed by atoms with Crippen LogP contribution in [0.25, 0.3) is 5.82 Å². The monoisotopic (exact) mass is 490 g/mol. The summed E-state index contributed by atoms with van der Waals surface area (Å²) in [6.45, 7) is 8.44. The summed E-state index contributed by atoms with van der Waals surface area (Å²) in [5.74, 6) is 1.59. The van der Waals surface area contributed by atoms with E-state index in [0.29, 0.717) is 6.54 Å². The average Bonchev–Trinajstić information content (AvgIpc) is 3.20. The van der Waals surface area contributed by atoms with Gasteiger partial charge in [0.25, 0.3) is 0 Å². The van der Waals surface area contributed by atoms with E-state index in [1.807, 2.05) is 24.4 Å². The molecule has 0 fully saturated rings. The zero-order chi connectivity index (χ0) is 19.1. The van der Waals surface area contributed by atoms with E-state index in [0.717, 1.165) is 30.4 Å². The maximum absolute atomic E-state index is 4.71. The molecule has 0 aliphatic carbocycles. The first-order chi connectivity index (χ1) is 13.2. The number of halogens is 1. The van der Waals surface area contributed by atoms with Crippen molar-refractivity contribution in [3.05, 3.63) is 77.2 Å². The van der Waals surface area contributed by atoms with Crippen LogP contribution in [-0.2, 0) is 13.1 Å². The number of hydrogen-bond donors (Lipinski definition) is 2. The molecule has 0 unspecified atom stereocenters. The maximum atomic E-state index is 4.71. The number of benzene rings is 1. The molecule has 2 heterocycles. The molecule has 3 rings (SSSR count). The summed E-state index contributed by atoms with van der Waals surface area (Å²) in [6.07, 6.45) is 5.41. The van der Waals surface area contributed by atoms with Crippen molar-refractivity contribution in [1.82, 2.24) is 25.4 Å². The quantitative estimate of drug-likeness (QED) is 0.314. The molecule has 0 saturated heterocycles. The smallest absolute Gasteiger partial charge is 0.191 e. The summed E-state index contributed by atoms with van der Waals surface area (Å²) in [7, 11) is 0. The molecule has 0 bridgehead atoms. The van der Waals surface area contributed by atoms with Crippen molar-refractivity contribution < 1.29 is 0 Å². The molecule has 2 N–H and O–H groups in total. The molecular formula is C21H27IN6. The highest BCUT2D eigenvalue weighted by Gasteiger charge is 2.03. The van der Waals surface area contributed by atoms with Gasteiger partial charge < -0.3 is 10.6 Å². The highest BCUT2D eigenvalue weighted by atomic mass is 127. The molecule has 0 radical (unpaired) electrons. The third kappa shape index (κ3) is 6.05. The van der Waals surface area contributed by atoms with E-state index >= 15 is 0 Å². The van der Waals surface area contributed by atoms with Crippen LogP contribution < -0.4 is 10.6 Å². The number of rotatable bonds is 6. The Labute approximate surface area is 183 Å². The zero-order valence-electron chi connectivity index (χ0n) is 16.5. The third-order valence-electron chi connectivity index (χ3n) is 4.26. The van der Waals surface area contributed by atoms with Gasteiger partial charge in [0.05, 0.1) is 6.54 Å². The lowest BCUT2D eigenvalue weighted by Crippen LogP contribution is -2.36. The molecule has 0 aliphatic heterocycles. The molecule has 7 heteroatoms. The van der Waals surface area contributed by atoms with Gasteiger partial charge in [-0.25, -0.2) is 14.7 Å². The van der Waals surface area contributed by atoms with Crippen LogP contribution >= 0.6 is 24.0 Å². The second-order valence-electron chi connectivity index (χ2n) is 6.45. The number of aromatic nitrogens is 3. The van der Waals surface area contributed by atoms with Gasteiger partial charge in [-0.3, -0.25) is 0 Å². The molecule has 3 aromatic rings. The fraction of sp³-hybridized carbons (Fsp3) is 0.286.